The van der Waals surface area contributed by atoms with Gasteiger partial charge in [0.05, 0.1) is 18.7 Å². The zero-order chi connectivity index (χ0) is 16.7. The van der Waals surface area contributed by atoms with Gasteiger partial charge in [-0.25, -0.2) is 13.4 Å². The van der Waals surface area contributed by atoms with Gasteiger partial charge >= 0.3 is 6.18 Å². The molecule has 2 aromatic heterocycles. The van der Waals surface area contributed by atoms with Crippen LogP contribution >= 0.6 is 11.3 Å². The maximum Gasteiger partial charge on any atom is 0.417 e. The Morgan fingerprint density at radius 1 is 1.26 bits per heavy atom. The third-order valence-corrected chi connectivity index (χ3v) is 6.46. The summed E-state index contributed by atoms with van der Waals surface area (Å²) in [5.74, 6) is 0.0381. The first-order valence-electron chi connectivity index (χ1n) is 6.50. The number of hydrogen-bond donors (Lipinski definition) is 0. The standard InChI is InChI=1S/C13H11F3N2O3S2/c14-13(15,16)9-3-4-11(17-6-9)21-10-7-18(8-10)23(19,20)12-2-1-5-22-12/h1-6,10H,7-8H2. The van der Waals surface area contributed by atoms with Gasteiger partial charge in [0.1, 0.15) is 10.3 Å². The lowest BCUT2D eigenvalue weighted by atomic mass is 10.2. The molecule has 0 amide bonds. The van der Waals surface area contributed by atoms with E-state index in [4.69, 9.17) is 4.74 Å². The first-order chi connectivity index (χ1) is 10.8. The number of rotatable bonds is 4. The molecule has 23 heavy (non-hydrogen) atoms. The fraction of sp³-hybridized carbons (Fsp3) is 0.308. The second-order valence-electron chi connectivity index (χ2n) is 4.88. The molecule has 1 saturated heterocycles. The molecule has 3 rings (SSSR count). The monoisotopic (exact) mass is 364 g/mol. The molecule has 0 aromatic carbocycles. The number of thiophene rings is 1. The Labute approximate surface area is 134 Å². The zero-order valence-corrected chi connectivity index (χ0v) is 13.2. The van der Waals surface area contributed by atoms with Crippen molar-refractivity contribution in [3.05, 3.63) is 41.4 Å². The molecule has 0 spiro atoms. The molecular weight excluding hydrogens is 353 g/mol. The Hall–Kier alpha value is -1.65. The van der Waals surface area contributed by atoms with Crippen molar-refractivity contribution in [1.29, 1.82) is 0 Å². The van der Waals surface area contributed by atoms with Crippen molar-refractivity contribution in [2.24, 2.45) is 0 Å². The van der Waals surface area contributed by atoms with Gasteiger partial charge in [-0.2, -0.15) is 17.5 Å². The average molecular weight is 364 g/mol. The summed E-state index contributed by atoms with van der Waals surface area (Å²) in [6, 6.07) is 5.17. The van der Waals surface area contributed by atoms with Gasteiger partial charge in [-0.15, -0.1) is 11.3 Å². The van der Waals surface area contributed by atoms with E-state index in [9.17, 15) is 21.6 Å². The Morgan fingerprint density at radius 3 is 2.52 bits per heavy atom. The molecule has 0 aliphatic carbocycles. The molecule has 1 aliphatic heterocycles. The van der Waals surface area contributed by atoms with Gasteiger partial charge in [-0.05, 0) is 17.5 Å². The summed E-state index contributed by atoms with van der Waals surface area (Å²) in [7, 11) is -3.51. The summed E-state index contributed by atoms with van der Waals surface area (Å²) in [6.45, 7) is 0.284. The lowest BCUT2D eigenvalue weighted by Crippen LogP contribution is -2.55. The first kappa shape index (κ1) is 16.2. The molecule has 1 fully saturated rings. The molecule has 0 unspecified atom stereocenters. The molecule has 0 saturated carbocycles. The maximum absolute atomic E-state index is 12.4. The summed E-state index contributed by atoms with van der Waals surface area (Å²) >= 11 is 1.13. The normalized spacial score (nSPS) is 17.0. The van der Waals surface area contributed by atoms with Crippen LogP contribution in [0.5, 0.6) is 5.88 Å². The third-order valence-electron chi connectivity index (χ3n) is 3.25. The van der Waals surface area contributed by atoms with Gasteiger partial charge in [-0.1, -0.05) is 6.07 Å². The van der Waals surface area contributed by atoms with Gasteiger partial charge < -0.3 is 4.74 Å². The minimum atomic E-state index is -4.45. The van der Waals surface area contributed by atoms with Gasteiger partial charge in [-0.3, -0.25) is 0 Å². The number of nitrogens with zero attached hydrogens (tertiary/aromatic N) is 2. The molecule has 124 valence electrons. The first-order valence-corrected chi connectivity index (χ1v) is 8.82. The molecule has 1 aliphatic rings. The molecular formula is C13H11F3N2O3S2. The topological polar surface area (TPSA) is 59.5 Å². The van der Waals surface area contributed by atoms with Crippen LogP contribution in [0.2, 0.25) is 0 Å². The van der Waals surface area contributed by atoms with Crippen LogP contribution in [0.4, 0.5) is 13.2 Å². The highest BCUT2D eigenvalue weighted by molar-refractivity contribution is 7.91. The van der Waals surface area contributed by atoms with Crippen molar-refractivity contribution in [1.82, 2.24) is 9.29 Å². The highest BCUT2D eigenvalue weighted by atomic mass is 32.2. The highest BCUT2D eigenvalue weighted by Crippen LogP contribution is 2.30. The molecule has 5 nitrogen and oxygen atoms in total. The van der Waals surface area contributed by atoms with Crippen LogP contribution in [0, 0.1) is 0 Å². The SMILES string of the molecule is O=S(=O)(c1cccs1)N1CC(Oc2ccc(C(F)(F)F)cn2)C1. The van der Waals surface area contributed by atoms with Gasteiger partial charge in [0.25, 0.3) is 10.0 Å². The number of aromatic nitrogens is 1. The van der Waals surface area contributed by atoms with Gasteiger partial charge in [0.15, 0.2) is 0 Å². The fourth-order valence-electron chi connectivity index (χ4n) is 2.00. The van der Waals surface area contributed by atoms with E-state index in [2.05, 4.69) is 4.98 Å². The van der Waals surface area contributed by atoms with Crippen molar-refractivity contribution in [3.8, 4) is 5.88 Å². The number of ether oxygens (including phenoxy) is 1. The lowest BCUT2D eigenvalue weighted by Gasteiger charge is -2.37. The maximum atomic E-state index is 12.4. The molecule has 0 radical (unpaired) electrons. The van der Waals surface area contributed by atoms with Crippen LogP contribution in [-0.2, 0) is 16.2 Å². The fourth-order valence-corrected chi connectivity index (χ4v) is 4.65. The van der Waals surface area contributed by atoms with E-state index in [1.165, 1.54) is 10.4 Å². The van der Waals surface area contributed by atoms with E-state index in [1.54, 1.807) is 11.4 Å². The Bertz CT molecular complexity index is 768. The van der Waals surface area contributed by atoms with Crippen LogP contribution in [0.25, 0.3) is 0 Å². The van der Waals surface area contributed by atoms with Crippen molar-refractivity contribution in [3.63, 3.8) is 0 Å². The average Bonchev–Trinajstić information content (AvgIpc) is 2.96. The predicted molar refractivity (Wildman–Crippen MR) is 76.7 cm³/mol. The van der Waals surface area contributed by atoms with Gasteiger partial charge in [0, 0.05) is 12.3 Å². The number of sulfonamides is 1. The molecule has 0 bridgehead atoms. The number of halogens is 3. The van der Waals surface area contributed by atoms with Gasteiger partial charge in [0.2, 0.25) is 5.88 Å². The smallest absolute Gasteiger partial charge is 0.417 e. The molecule has 10 heteroatoms. The van der Waals surface area contributed by atoms with Crippen LogP contribution in [0.15, 0.2) is 40.1 Å². The second kappa shape index (κ2) is 5.77. The molecule has 0 N–H and O–H groups in total. The summed E-state index contributed by atoms with van der Waals surface area (Å²) < 4.78 is 68.5. The lowest BCUT2D eigenvalue weighted by molar-refractivity contribution is -0.137. The Morgan fingerprint density at radius 2 is 2.00 bits per heavy atom. The van der Waals surface area contributed by atoms with Crippen molar-refractivity contribution < 1.29 is 26.3 Å². The third kappa shape index (κ3) is 3.33. The minimum absolute atomic E-state index is 0.0381. The quantitative estimate of drug-likeness (QED) is 0.837. The van der Waals surface area contributed by atoms with Crippen LogP contribution in [0.1, 0.15) is 5.56 Å². The van der Waals surface area contributed by atoms with E-state index >= 15 is 0 Å². The largest absolute Gasteiger partial charge is 0.472 e. The number of hydrogen-bond acceptors (Lipinski definition) is 5. The van der Waals surface area contributed by atoms with E-state index < -0.39 is 27.9 Å². The summed E-state index contributed by atoms with van der Waals surface area (Å²) in [5, 5.41) is 1.67. The number of alkyl halides is 3. The van der Waals surface area contributed by atoms with Crippen LogP contribution in [0.3, 0.4) is 0 Å². The van der Waals surface area contributed by atoms with Crippen molar-refractivity contribution in [2.45, 2.75) is 16.5 Å². The van der Waals surface area contributed by atoms with E-state index in [0.29, 0.717) is 6.20 Å². The molecule has 0 atom stereocenters. The van der Waals surface area contributed by atoms with E-state index in [0.717, 1.165) is 23.5 Å². The van der Waals surface area contributed by atoms with Crippen LogP contribution < -0.4 is 4.74 Å². The highest BCUT2D eigenvalue weighted by Gasteiger charge is 2.39. The Balaban J connectivity index is 1.59. The second-order valence-corrected chi connectivity index (χ2v) is 7.99. The predicted octanol–water partition coefficient (Wildman–Crippen LogP) is 2.61. The van der Waals surface area contributed by atoms with Crippen molar-refractivity contribution in [2.75, 3.05) is 13.1 Å². The summed E-state index contributed by atoms with van der Waals surface area (Å²) in [4.78, 5) is 3.60. The molecule has 2 aromatic rings. The summed E-state index contributed by atoms with van der Waals surface area (Å²) in [5.41, 5.74) is -0.861. The van der Waals surface area contributed by atoms with Crippen LogP contribution in [-0.4, -0.2) is 36.9 Å². The molecule has 3 heterocycles. The minimum Gasteiger partial charge on any atom is -0.472 e. The van der Waals surface area contributed by atoms with E-state index in [-0.39, 0.29) is 23.2 Å². The summed E-state index contributed by atoms with van der Waals surface area (Å²) in [6.07, 6.45) is -4.18. The zero-order valence-electron chi connectivity index (χ0n) is 11.5. The van der Waals surface area contributed by atoms with E-state index in [1.807, 2.05) is 0 Å². The Kier molecular flexibility index (Phi) is 4.07. The van der Waals surface area contributed by atoms with Crippen molar-refractivity contribution >= 4 is 21.4 Å². The number of pyridine rings is 1.